The molecule has 1 N–H and O–H groups in total. The number of benzene rings is 2. The van der Waals surface area contributed by atoms with Crippen LogP contribution >= 0.6 is 0 Å². The number of nitrogens with one attached hydrogen (secondary N) is 1. The summed E-state index contributed by atoms with van der Waals surface area (Å²) >= 11 is 0. The first-order valence-electron chi connectivity index (χ1n) is 8.71. The molecule has 0 unspecified atom stereocenters. The van der Waals surface area contributed by atoms with E-state index in [1.54, 1.807) is 17.9 Å². The average molecular weight is 372 g/mol. The van der Waals surface area contributed by atoms with E-state index in [4.69, 9.17) is 9.84 Å². The molecule has 0 atom stereocenters. The zero-order chi connectivity index (χ0) is 20.1. The molecular formula is C22H20N4O2. The van der Waals surface area contributed by atoms with Gasteiger partial charge in [-0.05, 0) is 48.9 Å². The summed E-state index contributed by atoms with van der Waals surface area (Å²) in [6.45, 7) is 1.96. The molecule has 1 amide bonds. The summed E-state index contributed by atoms with van der Waals surface area (Å²) < 4.78 is 7.07. The number of aromatic nitrogens is 2. The largest absolute Gasteiger partial charge is 0.496 e. The summed E-state index contributed by atoms with van der Waals surface area (Å²) in [7, 11) is 3.12. The van der Waals surface area contributed by atoms with Crippen molar-refractivity contribution >= 4 is 12.0 Å². The molecule has 0 aliphatic carbocycles. The van der Waals surface area contributed by atoms with Gasteiger partial charge in [0, 0.05) is 24.4 Å². The van der Waals surface area contributed by atoms with E-state index in [0.717, 1.165) is 22.6 Å². The highest BCUT2D eigenvalue weighted by Gasteiger charge is 2.15. The Morgan fingerprint density at radius 3 is 2.61 bits per heavy atom. The van der Waals surface area contributed by atoms with E-state index in [9.17, 15) is 10.1 Å². The molecule has 0 aliphatic rings. The number of rotatable bonds is 5. The van der Waals surface area contributed by atoms with E-state index in [2.05, 4.69) is 5.32 Å². The first kappa shape index (κ1) is 18.9. The number of nitrogens with zero attached hydrogens (tertiary/aromatic N) is 3. The second-order valence-corrected chi connectivity index (χ2v) is 6.15. The standard InChI is InChI=1S/C22H20N4O2/c1-15-11-16(9-10-20(15)28-3)21-18(12-17(13-23)22(27)24-2)14-26(25-21)19-7-5-4-6-8-19/h4-12,14H,1-3H3,(H,24,27)/b17-12+. The summed E-state index contributed by atoms with van der Waals surface area (Å²) in [6.07, 6.45) is 3.37. The van der Waals surface area contributed by atoms with E-state index in [0.29, 0.717) is 11.3 Å². The lowest BCUT2D eigenvalue weighted by Gasteiger charge is -2.07. The van der Waals surface area contributed by atoms with Crippen molar-refractivity contribution in [1.82, 2.24) is 15.1 Å². The topological polar surface area (TPSA) is 79.9 Å². The predicted molar refractivity (Wildman–Crippen MR) is 108 cm³/mol. The number of methoxy groups -OCH3 is 1. The third-order valence-corrected chi connectivity index (χ3v) is 4.32. The van der Waals surface area contributed by atoms with E-state index < -0.39 is 5.91 Å². The van der Waals surface area contributed by atoms with E-state index in [-0.39, 0.29) is 5.57 Å². The highest BCUT2D eigenvalue weighted by Crippen LogP contribution is 2.29. The summed E-state index contributed by atoms with van der Waals surface area (Å²) in [5, 5.41) is 16.6. The number of aryl methyl sites for hydroxylation is 1. The summed E-state index contributed by atoms with van der Waals surface area (Å²) in [4.78, 5) is 12.0. The minimum Gasteiger partial charge on any atom is -0.496 e. The molecule has 0 aliphatic heterocycles. The molecule has 0 saturated carbocycles. The van der Waals surface area contributed by atoms with Gasteiger partial charge in [0.25, 0.3) is 5.91 Å². The van der Waals surface area contributed by atoms with Crippen LogP contribution in [0.4, 0.5) is 0 Å². The van der Waals surface area contributed by atoms with Gasteiger partial charge in [-0.3, -0.25) is 4.79 Å². The molecule has 1 aromatic heterocycles. The van der Waals surface area contributed by atoms with Crippen LogP contribution in [0.15, 0.2) is 60.3 Å². The van der Waals surface area contributed by atoms with Crippen LogP contribution in [0, 0.1) is 18.3 Å². The van der Waals surface area contributed by atoms with Crippen LogP contribution in [0.25, 0.3) is 23.0 Å². The van der Waals surface area contributed by atoms with Gasteiger partial charge in [0.2, 0.25) is 0 Å². The summed E-state index contributed by atoms with van der Waals surface area (Å²) in [5.41, 5.74) is 4.08. The molecular weight excluding hydrogens is 352 g/mol. The van der Waals surface area contributed by atoms with Crippen molar-refractivity contribution in [3.63, 3.8) is 0 Å². The van der Waals surface area contributed by atoms with Gasteiger partial charge in [-0.25, -0.2) is 4.68 Å². The number of hydrogen-bond donors (Lipinski definition) is 1. The van der Waals surface area contributed by atoms with Crippen LogP contribution in [-0.2, 0) is 4.79 Å². The molecule has 0 spiro atoms. The molecule has 3 rings (SSSR count). The van der Waals surface area contributed by atoms with Crippen LogP contribution in [0.3, 0.4) is 0 Å². The Labute approximate surface area is 163 Å². The van der Waals surface area contributed by atoms with Crippen molar-refractivity contribution in [3.8, 4) is 28.8 Å². The maximum atomic E-state index is 12.0. The lowest BCUT2D eigenvalue weighted by Crippen LogP contribution is -2.19. The number of hydrogen-bond acceptors (Lipinski definition) is 4. The zero-order valence-electron chi connectivity index (χ0n) is 15.9. The Morgan fingerprint density at radius 1 is 1.25 bits per heavy atom. The van der Waals surface area contributed by atoms with Crippen LogP contribution in [-0.4, -0.2) is 29.8 Å². The van der Waals surface area contributed by atoms with Crippen LogP contribution < -0.4 is 10.1 Å². The Morgan fingerprint density at radius 2 is 2.00 bits per heavy atom. The predicted octanol–water partition coefficient (Wildman–Crippen LogP) is 3.51. The summed E-state index contributed by atoms with van der Waals surface area (Å²) in [5.74, 6) is 0.346. The van der Waals surface area contributed by atoms with Gasteiger partial charge in [-0.2, -0.15) is 10.4 Å². The van der Waals surface area contributed by atoms with Gasteiger partial charge >= 0.3 is 0 Å². The molecule has 0 fully saturated rings. The van der Waals surface area contributed by atoms with Crippen molar-refractivity contribution in [2.45, 2.75) is 6.92 Å². The molecule has 2 aromatic carbocycles. The molecule has 140 valence electrons. The number of likely N-dealkylation sites (N-methyl/N-ethyl adjacent to an activating group) is 1. The smallest absolute Gasteiger partial charge is 0.261 e. The van der Waals surface area contributed by atoms with E-state index in [1.165, 1.54) is 7.05 Å². The lowest BCUT2D eigenvalue weighted by atomic mass is 10.0. The third-order valence-electron chi connectivity index (χ3n) is 4.32. The fourth-order valence-electron chi connectivity index (χ4n) is 2.89. The first-order chi connectivity index (χ1) is 13.6. The van der Waals surface area contributed by atoms with Crippen molar-refractivity contribution in [3.05, 3.63) is 71.4 Å². The van der Waals surface area contributed by atoms with Gasteiger partial charge < -0.3 is 10.1 Å². The molecule has 0 radical (unpaired) electrons. The number of para-hydroxylation sites is 1. The van der Waals surface area contributed by atoms with Crippen molar-refractivity contribution in [2.24, 2.45) is 0 Å². The molecule has 6 nitrogen and oxygen atoms in total. The second-order valence-electron chi connectivity index (χ2n) is 6.15. The molecule has 1 heterocycles. The Hall–Kier alpha value is -3.85. The van der Waals surface area contributed by atoms with Crippen LogP contribution in [0.1, 0.15) is 11.1 Å². The SMILES string of the molecule is CNC(=O)/C(C#N)=C/c1cn(-c2ccccc2)nc1-c1ccc(OC)c(C)c1. The molecule has 3 aromatic rings. The van der Waals surface area contributed by atoms with E-state index >= 15 is 0 Å². The minimum absolute atomic E-state index is 0.0154. The number of ether oxygens (including phenoxy) is 1. The normalized spacial score (nSPS) is 11.0. The number of carbonyl (C=O) groups excluding carboxylic acids is 1. The highest BCUT2D eigenvalue weighted by atomic mass is 16.5. The first-order valence-corrected chi connectivity index (χ1v) is 8.71. The van der Waals surface area contributed by atoms with Crippen molar-refractivity contribution < 1.29 is 9.53 Å². The quantitative estimate of drug-likeness (QED) is 0.549. The number of carbonyl (C=O) groups is 1. The molecule has 0 saturated heterocycles. The molecule has 6 heteroatoms. The van der Waals surface area contributed by atoms with Gasteiger partial charge in [-0.1, -0.05) is 18.2 Å². The third kappa shape index (κ3) is 3.79. The van der Waals surface area contributed by atoms with Crippen molar-refractivity contribution in [2.75, 3.05) is 14.2 Å². The van der Waals surface area contributed by atoms with Gasteiger partial charge in [0.05, 0.1) is 12.8 Å². The van der Waals surface area contributed by atoms with Crippen LogP contribution in [0.5, 0.6) is 5.75 Å². The highest BCUT2D eigenvalue weighted by molar-refractivity contribution is 6.02. The Kier molecular flexibility index (Phi) is 5.56. The maximum absolute atomic E-state index is 12.0. The molecule has 28 heavy (non-hydrogen) atoms. The molecule has 0 bridgehead atoms. The van der Waals surface area contributed by atoms with Gasteiger partial charge in [-0.15, -0.1) is 0 Å². The lowest BCUT2D eigenvalue weighted by molar-refractivity contribution is -0.116. The fraction of sp³-hybridized carbons (Fsp3) is 0.136. The minimum atomic E-state index is -0.438. The Balaban J connectivity index is 2.18. The number of nitriles is 1. The van der Waals surface area contributed by atoms with Crippen LogP contribution in [0.2, 0.25) is 0 Å². The second kappa shape index (κ2) is 8.23. The maximum Gasteiger partial charge on any atom is 0.261 e. The number of amides is 1. The van der Waals surface area contributed by atoms with Gasteiger partial charge in [0.15, 0.2) is 0 Å². The Bertz CT molecular complexity index is 1080. The average Bonchev–Trinajstić information content (AvgIpc) is 3.16. The van der Waals surface area contributed by atoms with E-state index in [1.807, 2.05) is 67.7 Å². The monoisotopic (exact) mass is 372 g/mol. The fourth-order valence-corrected chi connectivity index (χ4v) is 2.89. The summed E-state index contributed by atoms with van der Waals surface area (Å²) in [6, 6.07) is 17.4. The zero-order valence-corrected chi connectivity index (χ0v) is 15.9. The van der Waals surface area contributed by atoms with Crippen molar-refractivity contribution in [1.29, 1.82) is 5.26 Å². The van der Waals surface area contributed by atoms with Gasteiger partial charge in [0.1, 0.15) is 23.1 Å².